The second-order valence-electron chi connectivity index (χ2n) is 8.27. The summed E-state index contributed by atoms with van der Waals surface area (Å²) in [4.78, 5) is 75.0. The molecule has 2 aromatic carbocycles. The van der Waals surface area contributed by atoms with E-state index in [0.29, 0.717) is 20.9 Å². The molecule has 0 spiro atoms. The van der Waals surface area contributed by atoms with Crippen LogP contribution in [0.3, 0.4) is 0 Å². The number of aliphatic carboxylic acids is 2. The third kappa shape index (κ3) is 6.46. The van der Waals surface area contributed by atoms with Gasteiger partial charge in [0.05, 0.1) is 13.0 Å². The zero-order valence-corrected chi connectivity index (χ0v) is 20.4. The van der Waals surface area contributed by atoms with Gasteiger partial charge in [0.1, 0.15) is 11.9 Å². The Bertz CT molecular complexity index is 1520. The number of carboxylic acids is 2. The van der Waals surface area contributed by atoms with Gasteiger partial charge in [-0.1, -0.05) is 54.6 Å². The van der Waals surface area contributed by atoms with Crippen molar-refractivity contribution in [3.8, 4) is 0 Å². The molecule has 0 radical (unpaired) electrons. The van der Waals surface area contributed by atoms with Crippen LogP contribution in [0, 0.1) is 5.41 Å². The average molecular weight is 540 g/mol. The zero-order valence-electron chi connectivity index (χ0n) is 20.4. The molecular formula is C24H24N6O9. The standard InChI is InChI=1S/C24H24N6O9/c1-13(31)29(17(11-18(32)33)21(34)27-19(22(35)36)15-5-3-2-4-6-15)30-23(37)28(39-24(30)38)12-14-7-9-16(10-8-14)20(25)26/h2-10,17,19H,11-12H2,1H3,(H3,25,26)(H,27,34)(H,32,33)(H,35,36)/t17-,19-/m0/s1. The van der Waals surface area contributed by atoms with Gasteiger partial charge in [0.15, 0.2) is 6.04 Å². The fourth-order valence-electron chi connectivity index (χ4n) is 3.72. The van der Waals surface area contributed by atoms with E-state index in [0.717, 1.165) is 6.92 Å². The number of hydrogen-bond donors (Lipinski definition) is 5. The van der Waals surface area contributed by atoms with Crippen molar-refractivity contribution < 1.29 is 33.9 Å². The summed E-state index contributed by atoms with van der Waals surface area (Å²) in [5, 5.41) is 29.0. The number of nitrogens with one attached hydrogen (secondary N) is 2. The first-order chi connectivity index (χ1) is 18.4. The number of carboxylic acid groups (broad SMARTS) is 2. The number of nitrogens with zero attached hydrogens (tertiary/aromatic N) is 3. The summed E-state index contributed by atoms with van der Waals surface area (Å²) in [6.45, 7) is 0.591. The van der Waals surface area contributed by atoms with E-state index in [4.69, 9.17) is 15.7 Å². The van der Waals surface area contributed by atoms with Gasteiger partial charge in [0.2, 0.25) is 11.8 Å². The summed E-state index contributed by atoms with van der Waals surface area (Å²) in [5.41, 5.74) is 5.22. The monoisotopic (exact) mass is 540 g/mol. The lowest BCUT2D eigenvalue weighted by Gasteiger charge is -2.28. The molecule has 3 rings (SSSR count). The summed E-state index contributed by atoms with van der Waals surface area (Å²) >= 11 is 0. The van der Waals surface area contributed by atoms with Crippen molar-refractivity contribution in [1.82, 2.24) is 14.7 Å². The number of carbonyl (C=O) groups excluding carboxylic acids is 2. The second kappa shape index (κ2) is 11.7. The maximum Gasteiger partial charge on any atom is 0.462 e. The van der Waals surface area contributed by atoms with Crippen LogP contribution >= 0.6 is 0 Å². The summed E-state index contributed by atoms with van der Waals surface area (Å²) < 4.78 is 5.72. The Kier molecular flexibility index (Phi) is 8.45. The highest BCUT2D eigenvalue weighted by atomic mass is 16.5. The smallest absolute Gasteiger partial charge is 0.462 e. The molecule has 6 N–H and O–H groups in total. The van der Waals surface area contributed by atoms with E-state index in [1.165, 1.54) is 48.5 Å². The van der Waals surface area contributed by atoms with Crippen LogP contribution in [0.2, 0.25) is 0 Å². The molecule has 15 nitrogen and oxygen atoms in total. The van der Waals surface area contributed by atoms with Crippen molar-refractivity contribution in [2.24, 2.45) is 5.73 Å². The average Bonchev–Trinajstić information content (AvgIpc) is 3.14. The molecule has 204 valence electrons. The molecule has 3 aromatic rings. The Hall–Kier alpha value is -5.47. The first-order valence-corrected chi connectivity index (χ1v) is 11.3. The third-order valence-corrected chi connectivity index (χ3v) is 5.52. The predicted molar refractivity (Wildman–Crippen MR) is 134 cm³/mol. The predicted octanol–water partition coefficient (Wildman–Crippen LogP) is -0.795. The van der Waals surface area contributed by atoms with Gasteiger partial charge in [-0.15, -0.1) is 9.42 Å². The summed E-state index contributed by atoms with van der Waals surface area (Å²) in [7, 11) is 0. The number of rotatable bonds is 11. The lowest BCUT2D eigenvalue weighted by atomic mass is 10.1. The number of nitrogen functional groups attached to an aromatic ring is 1. The highest BCUT2D eigenvalue weighted by molar-refractivity contribution is 5.97. The number of amides is 2. The maximum absolute atomic E-state index is 13.2. The topological polar surface area (TPSA) is 231 Å². The molecule has 0 saturated carbocycles. The van der Waals surface area contributed by atoms with Gasteiger partial charge in [-0.3, -0.25) is 19.8 Å². The van der Waals surface area contributed by atoms with Crippen LogP contribution in [0.15, 0.2) is 68.7 Å². The second-order valence-corrected chi connectivity index (χ2v) is 8.27. The minimum atomic E-state index is -2.00. The molecule has 0 aliphatic heterocycles. The van der Waals surface area contributed by atoms with Crippen LogP contribution in [0.25, 0.3) is 0 Å². The van der Waals surface area contributed by atoms with Gasteiger partial charge < -0.3 is 25.8 Å². The van der Waals surface area contributed by atoms with Crippen molar-refractivity contribution in [2.45, 2.75) is 32.0 Å². The van der Waals surface area contributed by atoms with Crippen molar-refractivity contribution in [3.05, 3.63) is 92.3 Å². The molecule has 0 aliphatic carbocycles. The minimum absolute atomic E-state index is 0.153. The van der Waals surface area contributed by atoms with Crippen molar-refractivity contribution in [1.29, 1.82) is 5.41 Å². The van der Waals surface area contributed by atoms with E-state index in [1.54, 1.807) is 6.07 Å². The highest BCUT2D eigenvalue weighted by Gasteiger charge is 2.37. The molecule has 0 unspecified atom stereocenters. The number of amidine groups is 1. The van der Waals surface area contributed by atoms with Crippen molar-refractivity contribution in [2.75, 3.05) is 5.01 Å². The molecule has 2 amide bonds. The lowest BCUT2D eigenvalue weighted by Crippen LogP contribution is -2.61. The van der Waals surface area contributed by atoms with Gasteiger partial charge >= 0.3 is 23.4 Å². The molecular weight excluding hydrogens is 516 g/mol. The van der Waals surface area contributed by atoms with Crippen molar-refractivity contribution >= 4 is 29.6 Å². The fourth-order valence-corrected chi connectivity index (χ4v) is 3.72. The van der Waals surface area contributed by atoms with E-state index in [1.807, 2.05) is 0 Å². The number of nitrogens with two attached hydrogens (primary N) is 1. The molecule has 15 heteroatoms. The third-order valence-electron chi connectivity index (χ3n) is 5.52. The van der Waals surface area contributed by atoms with Crippen LogP contribution < -0.4 is 27.5 Å². The highest BCUT2D eigenvalue weighted by Crippen LogP contribution is 2.15. The first-order valence-electron chi connectivity index (χ1n) is 11.3. The zero-order chi connectivity index (χ0) is 28.9. The van der Waals surface area contributed by atoms with Gasteiger partial charge in [-0.05, 0) is 11.1 Å². The Labute approximate surface area is 219 Å². The summed E-state index contributed by atoms with van der Waals surface area (Å²) in [5.74, 6) is -6.94. The molecule has 39 heavy (non-hydrogen) atoms. The lowest BCUT2D eigenvalue weighted by molar-refractivity contribution is -0.143. The SMILES string of the molecule is CC(=O)N([C@@H](CC(=O)O)C(=O)N[C@H](C(=O)O)c1ccccc1)n1c(=O)on(Cc2ccc(C(=N)N)cc2)c1=O. The van der Waals surface area contributed by atoms with E-state index in [2.05, 4.69) is 5.32 Å². The quantitative estimate of drug-likeness (QED) is 0.150. The number of aromatic nitrogens is 2. The van der Waals surface area contributed by atoms with Crippen molar-refractivity contribution in [3.63, 3.8) is 0 Å². The molecule has 1 heterocycles. The molecule has 0 bridgehead atoms. The van der Waals surface area contributed by atoms with Gasteiger partial charge in [-0.25, -0.2) is 19.4 Å². The van der Waals surface area contributed by atoms with Crippen LogP contribution in [0.1, 0.15) is 36.1 Å². The largest absolute Gasteiger partial charge is 0.481 e. The van der Waals surface area contributed by atoms with E-state index >= 15 is 0 Å². The Morgan fingerprint density at radius 3 is 2.18 bits per heavy atom. The van der Waals surface area contributed by atoms with Crippen LogP contribution in [0.5, 0.6) is 0 Å². The number of benzene rings is 2. The normalized spacial score (nSPS) is 12.2. The summed E-state index contributed by atoms with van der Waals surface area (Å²) in [6.07, 6.45) is -1.07. The summed E-state index contributed by atoms with van der Waals surface area (Å²) in [6, 6.07) is 9.88. The first kappa shape index (κ1) is 28.1. The molecule has 2 atom stereocenters. The van der Waals surface area contributed by atoms with E-state index in [9.17, 15) is 39.0 Å². The molecule has 0 aliphatic rings. The van der Waals surface area contributed by atoms with E-state index in [-0.39, 0.29) is 22.6 Å². The van der Waals surface area contributed by atoms with Crippen LogP contribution in [0.4, 0.5) is 0 Å². The number of carbonyl (C=O) groups is 4. The van der Waals surface area contributed by atoms with Gasteiger partial charge in [0.25, 0.3) is 0 Å². The minimum Gasteiger partial charge on any atom is -0.481 e. The van der Waals surface area contributed by atoms with Gasteiger partial charge in [0, 0.05) is 12.5 Å². The van der Waals surface area contributed by atoms with E-state index < -0.39 is 53.7 Å². The molecule has 0 fully saturated rings. The maximum atomic E-state index is 13.2. The molecule has 1 aromatic heterocycles. The van der Waals surface area contributed by atoms with Crippen LogP contribution in [-0.4, -0.2) is 55.3 Å². The Morgan fingerprint density at radius 2 is 1.67 bits per heavy atom. The fraction of sp³-hybridized carbons (Fsp3) is 0.208. The Balaban J connectivity index is 2.00. The number of hydrogen-bond acceptors (Lipinski definition) is 8. The molecule has 0 saturated heterocycles. The van der Waals surface area contributed by atoms with Gasteiger partial charge in [-0.2, -0.15) is 0 Å². The Morgan fingerprint density at radius 1 is 1.05 bits per heavy atom. The van der Waals surface area contributed by atoms with Crippen LogP contribution in [-0.2, 0) is 25.7 Å².